The van der Waals surface area contributed by atoms with Crippen LogP contribution in [0.5, 0.6) is 11.5 Å². The molecule has 0 radical (unpaired) electrons. The Morgan fingerprint density at radius 1 is 1.04 bits per heavy atom. The van der Waals surface area contributed by atoms with E-state index in [1.54, 1.807) is 13.2 Å². The van der Waals surface area contributed by atoms with Gasteiger partial charge >= 0.3 is 0 Å². The van der Waals surface area contributed by atoms with Crippen LogP contribution < -0.4 is 14.8 Å². The summed E-state index contributed by atoms with van der Waals surface area (Å²) in [5, 5.41) is 5.27. The van der Waals surface area contributed by atoms with E-state index in [0.29, 0.717) is 33.1 Å². The minimum absolute atomic E-state index is 0.0273. The van der Waals surface area contributed by atoms with Gasteiger partial charge in [0.2, 0.25) is 0 Å². The van der Waals surface area contributed by atoms with E-state index >= 15 is 0 Å². The summed E-state index contributed by atoms with van der Waals surface area (Å²) in [5.74, 6) is 1.22. The molecule has 25 heavy (non-hydrogen) atoms. The number of ether oxygens (including phenoxy) is 2. The smallest absolute Gasteiger partial charge is 0.180 e. The molecule has 0 amide bonds. The monoisotopic (exact) mass is 401 g/mol. The van der Waals surface area contributed by atoms with E-state index < -0.39 is 0 Å². The van der Waals surface area contributed by atoms with Gasteiger partial charge in [-0.15, -0.1) is 0 Å². The average molecular weight is 403 g/mol. The third-order valence-electron chi connectivity index (χ3n) is 3.56. The van der Waals surface area contributed by atoms with Gasteiger partial charge in [0.15, 0.2) is 11.5 Å². The topological polar surface area (TPSA) is 30.5 Å². The summed E-state index contributed by atoms with van der Waals surface area (Å²) in [6, 6.07) is 9.39. The van der Waals surface area contributed by atoms with Gasteiger partial charge in [0, 0.05) is 16.6 Å². The first kappa shape index (κ1) is 20.2. The Labute approximate surface area is 164 Å². The van der Waals surface area contributed by atoms with E-state index in [0.717, 1.165) is 24.1 Å². The van der Waals surface area contributed by atoms with Crippen molar-refractivity contribution in [3.63, 3.8) is 0 Å². The minimum Gasteiger partial charge on any atom is -0.493 e. The second kappa shape index (κ2) is 9.54. The summed E-state index contributed by atoms with van der Waals surface area (Å²) >= 11 is 18.4. The molecule has 0 bridgehead atoms. The zero-order valence-corrected chi connectivity index (χ0v) is 16.8. The Bertz CT molecular complexity index is 720. The molecule has 0 heterocycles. The number of benzene rings is 2. The molecule has 0 atom stereocenters. The summed E-state index contributed by atoms with van der Waals surface area (Å²) in [6.45, 7) is 5.36. The highest BCUT2D eigenvalue weighted by atomic mass is 35.5. The molecule has 1 N–H and O–H groups in total. The number of methoxy groups -OCH3 is 1. The molecule has 6 heteroatoms. The molecule has 2 aromatic rings. The van der Waals surface area contributed by atoms with Crippen LogP contribution in [-0.2, 0) is 13.0 Å². The van der Waals surface area contributed by atoms with Crippen LogP contribution in [0.1, 0.15) is 25.0 Å². The van der Waals surface area contributed by atoms with Crippen molar-refractivity contribution in [3.05, 3.63) is 56.5 Å². The van der Waals surface area contributed by atoms with Gasteiger partial charge in [0.25, 0.3) is 0 Å². The lowest BCUT2D eigenvalue weighted by Gasteiger charge is -2.16. The van der Waals surface area contributed by atoms with Crippen molar-refractivity contribution in [3.8, 4) is 11.5 Å². The van der Waals surface area contributed by atoms with Gasteiger partial charge in [-0.2, -0.15) is 0 Å². The number of halogens is 3. The van der Waals surface area contributed by atoms with Crippen LogP contribution in [0.15, 0.2) is 30.3 Å². The van der Waals surface area contributed by atoms with Crippen molar-refractivity contribution >= 4 is 34.8 Å². The molecular weight excluding hydrogens is 381 g/mol. The van der Waals surface area contributed by atoms with Crippen LogP contribution in [0.4, 0.5) is 0 Å². The number of hydrogen-bond donors (Lipinski definition) is 1. The fourth-order valence-corrected chi connectivity index (χ4v) is 3.19. The molecule has 0 unspecified atom stereocenters. The molecule has 0 saturated carbocycles. The van der Waals surface area contributed by atoms with Crippen molar-refractivity contribution < 1.29 is 9.47 Å². The standard InChI is InChI=1S/C19H22Cl3NO2/c1-12(2)25-19-17(22)8-13(9-18(19)24-3)11-23-7-6-14-4-5-15(20)10-16(14)21/h4-5,8-10,12,23H,6-7,11H2,1-3H3. The van der Waals surface area contributed by atoms with Crippen molar-refractivity contribution in [1.82, 2.24) is 5.32 Å². The molecule has 2 aromatic carbocycles. The fourth-order valence-electron chi connectivity index (χ4n) is 2.41. The predicted molar refractivity (Wildman–Crippen MR) is 106 cm³/mol. The van der Waals surface area contributed by atoms with E-state index in [2.05, 4.69) is 5.32 Å². The molecule has 136 valence electrons. The van der Waals surface area contributed by atoms with Crippen molar-refractivity contribution in [2.45, 2.75) is 32.9 Å². The van der Waals surface area contributed by atoms with E-state index in [4.69, 9.17) is 44.3 Å². The normalized spacial score (nSPS) is 11.0. The average Bonchev–Trinajstić information content (AvgIpc) is 2.55. The third-order valence-corrected chi connectivity index (χ3v) is 4.43. The van der Waals surface area contributed by atoms with Gasteiger partial charge in [0.05, 0.1) is 18.2 Å². The van der Waals surface area contributed by atoms with Crippen LogP contribution in [-0.4, -0.2) is 19.8 Å². The van der Waals surface area contributed by atoms with Crippen molar-refractivity contribution in [2.24, 2.45) is 0 Å². The summed E-state index contributed by atoms with van der Waals surface area (Å²) in [7, 11) is 1.61. The molecule has 0 fully saturated rings. The van der Waals surface area contributed by atoms with Gasteiger partial charge in [-0.25, -0.2) is 0 Å². The second-order valence-corrected chi connectivity index (χ2v) is 7.19. The van der Waals surface area contributed by atoms with Gasteiger partial charge < -0.3 is 14.8 Å². The molecular formula is C19H22Cl3NO2. The van der Waals surface area contributed by atoms with Crippen molar-refractivity contribution in [2.75, 3.05) is 13.7 Å². The van der Waals surface area contributed by atoms with E-state index in [1.807, 2.05) is 38.1 Å². The number of hydrogen-bond acceptors (Lipinski definition) is 3. The Balaban J connectivity index is 1.95. The maximum Gasteiger partial charge on any atom is 0.180 e. The molecule has 0 aliphatic heterocycles. The van der Waals surface area contributed by atoms with Crippen LogP contribution in [0.3, 0.4) is 0 Å². The molecule has 0 aromatic heterocycles. The summed E-state index contributed by atoms with van der Waals surface area (Å²) in [6.07, 6.45) is 0.842. The maximum atomic E-state index is 6.34. The highest BCUT2D eigenvalue weighted by Gasteiger charge is 2.13. The Hall–Kier alpha value is -1.13. The predicted octanol–water partition coefficient (Wildman–Crippen LogP) is 5.77. The van der Waals surface area contributed by atoms with E-state index in [1.165, 1.54) is 0 Å². The zero-order valence-electron chi connectivity index (χ0n) is 14.5. The van der Waals surface area contributed by atoms with Crippen LogP contribution >= 0.6 is 34.8 Å². The SMILES string of the molecule is COc1cc(CNCCc2ccc(Cl)cc2Cl)cc(Cl)c1OC(C)C. The Morgan fingerprint density at radius 3 is 2.44 bits per heavy atom. The Kier molecular flexibility index (Phi) is 7.70. The van der Waals surface area contributed by atoms with Gasteiger partial charge in [0.1, 0.15) is 0 Å². The first-order valence-corrected chi connectivity index (χ1v) is 9.21. The van der Waals surface area contributed by atoms with Gasteiger partial charge in [-0.1, -0.05) is 40.9 Å². The molecule has 0 aliphatic carbocycles. The van der Waals surface area contributed by atoms with Gasteiger partial charge in [-0.05, 0) is 62.2 Å². The largest absolute Gasteiger partial charge is 0.493 e. The van der Waals surface area contributed by atoms with E-state index in [-0.39, 0.29) is 6.10 Å². The summed E-state index contributed by atoms with van der Waals surface area (Å²) in [4.78, 5) is 0. The number of rotatable bonds is 8. The summed E-state index contributed by atoms with van der Waals surface area (Å²) in [5.41, 5.74) is 2.09. The fraction of sp³-hybridized carbons (Fsp3) is 0.368. The van der Waals surface area contributed by atoms with Crippen LogP contribution in [0.2, 0.25) is 15.1 Å². The van der Waals surface area contributed by atoms with Crippen molar-refractivity contribution in [1.29, 1.82) is 0 Å². The minimum atomic E-state index is 0.0273. The lowest BCUT2D eigenvalue weighted by atomic mass is 10.1. The van der Waals surface area contributed by atoms with Gasteiger partial charge in [-0.3, -0.25) is 0 Å². The first-order valence-electron chi connectivity index (χ1n) is 8.08. The highest BCUT2D eigenvalue weighted by Crippen LogP contribution is 2.37. The second-order valence-electron chi connectivity index (χ2n) is 5.94. The van der Waals surface area contributed by atoms with Crippen LogP contribution in [0.25, 0.3) is 0 Å². The third kappa shape index (κ3) is 5.96. The molecule has 2 rings (SSSR count). The molecule has 3 nitrogen and oxygen atoms in total. The van der Waals surface area contributed by atoms with E-state index in [9.17, 15) is 0 Å². The number of nitrogens with one attached hydrogen (secondary N) is 1. The highest BCUT2D eigenvalue weighted by molar-refractivity contribution is 6.35. The lowest BCUT2D eigenvalue weighted by molar-refractivity contribution is 0.230. The molecule has 0 spiro atoms. The Morgan fingerprint density at radius 2 is 1.80 bits per heavy atom. The van der Waals surface area contributed by atoms with Crippen LogP contribution in [0, 0.1) is 0 Å². The first-order chi connectivity index (χ1) is 11.9. The quantitative estimate of drug-likeness (QED) is 0.568. The maximum absolute atomic E-state index is 6.34. The lowest BCUT2D eigenvalue weighted by Crippen LogP contribution is -2.17. The molecule has 0 aliphatic rings. The molecule has 0 saturated heterocycles. The zero-order chi connectivity index (χ0) is 18.4. The summed E-state index contributed by atoms with van der Waals surface area (Å²) < 4.78 is 11.1.